The lowest BCUT2D eigenvalue weighted by atomic mass is 9.71. The summed E-state index contributed by atoms with van der Waals surface area (Å²) in [6.07, 6.45) is 1.82. The van der Waals surface area contributed by atoms with Crippen LogP contribution < -0.4 is 5.32 Å². The van der Waals surface area contributed by atoms with Gasteiger partial charge < -0.3 is 20.1 Å². The van der Waals surface area contributed by atoms with Crippen LogP contribution in [0, 0.1) is 5.41 Å². The van der Waals surface area contributed by atoms with Crippen molar-refractivity contribution in [1.29, 1.82) is 0 Å². The second-order valence-corrected chi connectivity index (χ2v) is 10.5. The molecule has 0 spiro atoms. The molecule has 2 amide bonds. The summed E-state index contributed by atoms with van der Waals surface area (Å²) < 4.78 is 5.68. The normalized spacial score (nSPS) is 21.5. The molecule has 7 nitrogen and oxygen atoms in total. The molecule has 1 aliphatic heterocycles. The molecule has 5 rings (SSSR count). The third-order valence-corrected chi connectivity index (χ3v) is 7.70. The number of rotatable bonds is 6. The predicted molar refractivity (Wildman–Crippen MR) is 126 cm³/mol. The van der Waals surface area contributed by atoms with Gasteiger partial charge in [-0.3, -0.25) is 4.79 Å². The van der Waals surface area contributed by atoms with Crippen LogP contribution in [-0.2, 0) is 14.3 Å². The van der Waals surface area contributed by atoms with Gasteiger partial charge in [-0.1, -0.05) is 62.4 Å². The van der Waals surface area contributed by atoms with Gasteiger partial charge in [-0.15, -0.1) is 0 Å². The maximum Gasteiger partial charge on any atom is 0.407 e. The summed E-state index contributed by atoms with van der Waals surface area (Å²) in [5, 5.41) is 12.5. The smallest absolute Gasteiger partial charge is 0.407 e. The van der Waals surface area contributed by atoms with Crippen molar-refractivity contribution in [2.75, 3.05) is 13.2 Å². The zero-order chi connectivity index (χ0) is 24.1. The molecule has 1 saturated heterocycles. The fraction of sp³-hybridized carbons (Fsp3) is 0.444. The lowest BCUT2D eigenvalue weighted by Gasteiger charge is -2.53. The topological polar surface area (TPSA) is 95.9 Å². The van der Waals surface area contributed by atoms with E-state index in [1.807, 2.05) is 38.1 Å². The fourth-order valence-corrected chi connectivity index (χ4v) is 5.82. The minimum Gasteiger partial charge on any atom is -0.480 e. The summed E-state index contributed by atoms with van der Waals surface area (Å²) in [4.78, 5) is 38.8. The molecule has 34 heavy (non-hydrogen) atoms. The van der Waals surface area contributed by atoms with E-state index >= 15 is 0 Å². The Morgan fingerprint density at radius 1 is 1.03 bits per heavy atom. The quantitative estimate of drug-likeness (QED) is 0.672. The van der Waals surface area contributed by atoms with Gasteiger partial charge in [0, 0.05) is 17.9 Å². The van der Waals surface area contributed by atoms with Gasteiger partial charge in [-0.05, 0) is 41.5 Å². The second kappa shape index (κ2) is 8.15. The van der Waals surface area contributed by atoms with Crippen LogP contribution in [0.2, 0.25) is 0 Å². The highest BCUT2D eigenvalue weighted by Gasteiger charge is 2.54. The van der Waals surface area contributed by atoms with Crippen molar-refractivity contribution in [3.63, 3.8) is 0 Å². The molecular formula is C27H30N2O5. The largest absolute Gasteiger partial charge is 0.480 e. The summed E-state index contributed by atoms with van der Waals surface area (Å²) >= 11 is 0. The van der Waals surface area contributed by atoms with Crippen LogP contribution >= 0.6 is 0 Å². The Bertz CT molecular complexity index is 1110. The number of nitrogens with one attached hydrogen (secondary N) is 1. The van der Waals surface area contributed by atoms with E-state index in [1.54, 1.807) is 0 Å². The van der Waals surface area contributed by atoms with Crippen molar-refractivity contribution >= 4 is 18.0 Å². The minimum absolute atomic E-state index is 0.0308. The molecule has 7 heteroatoms. The Kier molecular flexibility index (Phi) is 5.38. The standard InChI is InChI=1S/C27H30N2O5/c1-26(2)16-29(23(26)24(31)32)22(30)14-27(12-7-13-27)28-25(33)34-15-21-19-10-5-3-8-17(19)18-9-4-6-11-20(18)21/h3-6,8-11,21,23H,7,12-16H2,1-2H3,(H,28,33)(H,31,32). The molecule has 0 bridgehead atoms. The number of hydrogen-bond acceptors (Lipinski definition) is 4. The van der Waals surface area contributed by atoms with E-state index in [4.69, 9.17) is 4.74 Å². The molecule has 2 aromatic rings. The molecule has 178 valence electrons. The fourth-order valence-electron chi connectivity index (χ4n) is 5.82. The third-order valence-electron chi connectivity index (χ3n) is 7.70. The van der Waals surface area contributed by atoms with Gasteiger partial charge in [-0.2, -0.15) is 0 Å². The van der Waals surface area contributed by atoms with Crippen molar-refractivity contribution in [2.24, 2.45) is 5.41 Å². The summed E-state index contributed by atoms with van der Waals surface area (Å²) in [6, 6.07) is 15.5. The van der Waals surface area contributed by atoms with E-state index < -0.39 is 29.1 Å². The van der Waals surface area contributed by atoms with E-state index in [-0.39, 0.29) is 24.9 Å². The second-order valence-electron chi connectivity index (χ2n) is 10.5. The number of carbonyl (C=O) groups excluding carboxylic acids is 2. The van der Waals surface area contributed by atoms with Gasteiger partial charge in [0.25, 0.3) is 0 Å². The first kappa shape index (κ1) is 22.4. The zero-order valence-corrected chi connectivity index (χ0v) is 19.5. The molecule has 1 heterocycles. The number of nitrogens with zero attached hydrogens (tertiary/aromatic N) is 1. The van der Waals surface area contributed by atoms with Crippen LogP contribution in [0.3, 0.4) is 0 Å². The maximum atomic E-state index is 12.9. The summed E-state index contributed by atoms with van der Waals surface area (Å²) in [7, 11) is 0. The van der Waals surface area contributed by atoms with Gasteiger partial charge in [-0.25, -0.2) is 9.59 Å². The Labute approximate surface area is 199 Å². The SMILES string of the molecule is CC1(C)CN(C(=O)CC2(NC(=O)OCC3c4ccccc4-c4ccccc43)CCC2)C1C(=O)O. The molecule has 2 N–H and O–H groups in total. The molecule has 2 fully saturated rings. The number of aliphatic carboxylic acids is 1. The number of amides is 2. The predicted octanol–water partition coefficient (Wildman–Crippen LogP) is 4.16. The van der Waals surface area contributed by atoms with Crippen LogP contribution in [0.1, 0.15) is 56.6 Å². The number of likely N-dealkylation sites (tertiary alicyclic amines) is 1. The monoisotopic (exact) mass is 462 g/mol. The van der Waals surface area contributed by atoms with Gasteiger partial charge in [0.15, 0.2) is 0 Å². The van der Waals surface area contributed by atoms with E-state index in [0.29, 0.717) is 19.4 Å². The average molecular weight is 463 g/mol. The molecule has 0 radical (unpaired) electrons. The molecule has 1 atom stereocenters. The first-order valence-corrected chi connectivity index (χ1v) is 11.9. The Balaban J connectivity index is 1.22. The number of carbonyl (C=O) groups is 3. The number of carboxylic acid groups (broad SMARTS) is 1. The number of ether oxygens (including phenoxy) is 1. The first-order chi connectivity index (χ1) is 16.2. The summed E-state index contributed by atoms with van der Waals surface area (Å²) in [6.45, 7) is 4.32. The Morgan fingerprint density at radius 2 is 1.62 bits per heavy atom. The van der Waals surface area contributed by atoms with Gasteiger partial charge in [0.05, 0.1) is 12.0 Å². The van der Waals surface area contributed by atoms with E-state index in [9.17, 15) is 19.5 Å². The van der Waals surface area contributed by atoms with Crippen molar-refractivity contribution in [2.45, 2.75) is 57.0 Å². The van der Waals surface area contributed by atoms with Crippen molar-refractivity contribution in [1.82, 2.24) is 10.2 Å². The average Bonchev–Trinajstić information content (AvgIpc) is 3.08. The van der Waals surface area contributed by atoms with E-state index in [0.717, 1.165) is 17.5 Å². The first-order valence-electron chi connectivity index (χ1n) is 11.9. The van der Waals surface area contributed by atoms with Gasteiger partial charge in [0.2, 0.25) is 5.91 Å². The molecule has 2 aliphatic carbocycles. The number of benzene rings is 2. The Hall–Kier alpha value is -3.35. The van der Waals surface area contributed by atoms with Crippen LogP contribution in [0.5, 0.6) is 0 Å². The van der Waals surface area contributed by atoms with Crippen molar-refractivity contribution in [3.05, 3.63) is 59.7 Å². The van der Waals surface area contributed by atoms with Gasteiger partial charge >= 0.3 is 12.1 Å². The van der Waals surface area contributed by atoms with Gasteiger partial charge in [0.1, 0.15) is 12.6 Å². The third kappa shape index (κ3) is 3.73. The molecule has 3 aliphatic rings. The number of fused-ring (bicyclic) bond motifs is 3. The molecular weight excluding hydrogens is 432 g/mol. The van der Waals surface area contributed by atoms with Crippen molar-refractivity contribution in [3.8, 4) is 11.1 Å². The molecule has 1 saturated carbocycles. The molecule has 1 unspecified atom stereocenters. The molecule has 0 aromatic heterocycles. The minimum atomic E-state index is -0.989. The van der Waals surface area contributed by atoms with Crippen LogP contribution in [0.4, 0.5) is 4.79 Å². The van der Waals surface area contributed by atoms with E-state index in [1.165, 1.54) is 16.0 Å². The lowest BCUT2D eigenvalue weighted by Crippen LogP contribution is -2.68. The van der Waals surface area contributed by atoms with E-state index in [2.05, 4.69) is 29.6 Å². The highest BCUT2D eigenvalue weighted by Crippen LogP contribution is 2.45. The molecule has 2 aromatic carbocycles. The van der Waals surface area contributed by atoms with Crippen molar-refractivity contribution < 1.29 is 24.2 Å². The highest BCUT2D eigenvalue weighted by atomic mass is 16.5. The Morgan fingerprint density at radius 3 is 2.12 bits per heavy atom. The number of carboxylic acids is 1. The zero-order valence-electron chi connectivity index (χ0n) is 19.5. The number of alkyl carbamates (subject to hydrolysis) is 1. The van der Waals surface area contributed by atoms with Crippen LogP contribution in [0.15, 0.2) is 48.5 Å². The lowest BCUT2D eigenvalue weighted by molar-refractivity contribution is -0.173. The maximum absolute atomic E-state index is 12.9. The summed E-state index contributed by atoms with van der Waals surface area (Å²) in [5.74, 6) is -1.25. The highest BCUT2D eigenvalue weighted by molar-refractivity contribution is 5.87. The van der Waals surface area contributed by atoms with Crippen LogP contribution in [-0.4, -0.2) is 52.7 Å². The number of hydrogen-bond donors (Lipinski definition) is 2. The van der Waals surface area contributed by atoms with Crippen LogP contribution in [0.25, 0.3) is 11.1 Å². The summed E-state index contributed by atoms with van der Waals surface area (Å²) in [5.41, 5.74) is 3.50.